The molecule has 2 amide bonds. The number of fused-ring (bicyclic) bond motifs is 1. The van der Waals surface area contributed by atoms with E-state index in [9.17, 15) is 9.59 Å². The maximum absolute atomic E-state index is 12.4. The van der Waals surface area contributed by atoms with E-state index >= 15 is 0 Å². The van der Waals surface area contributed by atoms with E-state index in [0.29, 0.717) is 18.5 Å². The second-order valence-electron chi connectivity index (χ2n) is 7.62. The van der Waals surface area contributed by atoms with E-state index in [2.05, 4.69) is 23.6 Å². The topological polar surface area (TPSA) is 43.9 Å². The third-order valence-corrected chi connectivity index (χ3v) is 5.81. The van der Waals surface area contributed by atoms with Gasteiger partial charge < -0.3 is 9.80 Å². The van der Waals surface area contributed by atoms with E-state index in [0.717, 1.165) is 32.6 Å². The molecule has 2 atom stereocenters. The summed E-state index contributed by atoms with van der Waals surface area (Å²) in [5.74, 6) is 0.692. The molecule has 22 heavy (non-hydrogen) atoms. The van der Waals surface area contributed by atoms with Crippen molar-refractivity contribution in [2.24, 2.45) is 17.8 Å². The van der Waals surface area contributed by atoms with Crippen LogP contribution in [0.4, 0.5) is 0 Å². The average molecular weight is 307 g/mol. The molecule has 5 heteroatoms. The number of nitrogens with zero attached hydrogens (tertiary/aromatic N) is 3. The lowest BCUT2D eigenvalue weighted by Crippen LogP contribution is -2.40. The molecule has 0 aromatic rings. The molecule has 0 bridgehead atoms. The molecule has 3 rings (SSSR count). The zero-order chi connectivity index (χ0) is 15.9. The molecular weight excluding hydrogens is 278 g/mol. The standard InChI is InChI=1S/C17H29N3O2/c1-12(2)19-7-4-13(5-8-19)6-9-20-16(21)14-10-18(3)11-15(14)17(20)22/h12-15H,4-11H2,1-3H3/t14-,15+. The Balaban J connectivity index is 1.49. The highest BCUT2D eigenvalue weighted by Crippen LogP contribution is 2.33. The largest absolute Gasteiger partial charge is 0.305 e. The van der Waals surface area contributed by atoms with E-state index in [1.807, 2.05) is 7.05 Å². The maximum atomic E-state index is 12.4. The number of hydrogen-bond acceptors (Lipinski definition) is 4. The molecule has 0 aliphatic carbocycles. The first kappa shape index (κ1) is 15.9. The summed E-state index contributed by atoms with van der Waals surface area (Å²) in [6.45, 7) is 8.94. The summed E-state index contributed by atoms with van der Waals surface area (Å²) in [7, 11) is 1.99. The summed E-state index contributed by atoms with van der Waals surface area (Å²) in [5, 5.41) is 0. The van der Waals surface area contributed by atoms with Crippen molar-refractivity contribution in [1.82, 2.24) is 14.7 Å². The van der Waals surface area contributed by atoms with Crippen molar-refractivity contribution in [2.45, 2.75) is 39.2 Å². The zero-order valence-electron chi connectivity index (χ0n) is 14.1. The van der Waals surface area contributed by atoms with Crippen LogP contribution in [0, 0.1) is 17.8 Å². The smallest absolute Gasteiger partial charge is 0.234 e. The molecule has 3 saturated heterocycles. The van der Waals surface area contributed by atoms with Gasteiger partial charge in [0.05, 0.1) is 11.8 Å². The molecule has 3 aliphatic rings. The molecule has 0 aromatic heterocycles. The molecule has 3 aliphatic heterocycles. The summed E-state index contributed by atoms with van der Waals surface area (Å²) in [6.07, 6.45) is 3.38. The van der Waals surface area contributed by atoms with Gasteiger partial charge in [-0.1, -0.05) is 0 Å². The molecule has 0 radical (unpaired) electrons. The van der Waals surface area contributed by atoms with Gasteiger partial charge in [0.2, 0.25) is 11.8 Å². The Morgan fingerprint density at radius 2 is 1.59 bits per heavy atom. The first-order valence-electron chi connectivity index (χ1n) is 8.75. The third-order valence-electron chi connectivity index (χ3n) is 5.81. The number of amides is 2. The van der Waals surface area contributed by atoms with Gasteiger partial charge in [0.25, 0.3) is 0 Å². The van der Waals surface area contributed by atoms with Gasteiger partial charge in [-0.05, 0) is 59.2 Å². The number of imide groups is 1. The van der Waals surface area contributed by atoms with Gasteiger partial charge in [-0.2, -0.15) is 0 Å². The van der Waals surface area contributed by atoms with Gasteiger partial charge in [-0.25, -0.2) is 0 Å². The van der Waals surface area contributed by atoms with Gasteiger partial charge in [-0.3, -0.25) is 14.5 Å². The van der Waals surface area contributed by atoms with E-state index in [1.54, 1.807) is 4.90 Å². The van der Waals surface area contributed by atoms with Gasteiger partial charge in [0.1, 0.15) is 0 Å². The molecule has 0 N–H and O–H groups in total. The minimum Gasteiger partial charge on any atom is -0.305 e. The first-order valence-corrected chi connectivity index (χ1v) is 8.75. The van der Waals surface area contributed by atoms with Gasteiger partial charge in [-0.15, -0.1) is 0 Å². The van der Waals surface area contributed by atoms with Gasteiger partial charge >= 0.3 is 0 Å². The number of rotatable bonds is 4. The Labute approximate surface area is 133 Å². The highest BCUT2D eigenvalue weighted by Gasteiger charge is 2.51. The Bertz CT molecular complexity index is 419. The number of piperidine rings is 1. The van der Waals surface area contributed by atoms with Crippen molar-refractivity contribution in [1.29, 1.82) is 0 Å². The third kappa shape index (κ3) is 2.93. The number of carbonyl (C=O) groups is 2. The van der Waals surface area contributed by atoms with Crippen LogP contribution in [0.5, 0.6) is 0 Å². The van der Waals surface area contributed by atoms with Crippen molar-refractivity contribution in [2.75, 3.05) is 39.8 Å². The Morgan fingerprint density at radius 1 is 1.05 bits per heavy atom. The van der Waals surface area contributed by atoms with Crippen LogP contribution in [0.25, 0.3) is 0 Å². The summed E-state index contributed by atoms with van der Waals surface area (Å²) in [5.41, 5.74) is 0. The number of carbonyl (C=O) groups excluding carboxylic acids is 2. The highest BCUT2D eigenvalue weighted by atomic mass is 16.2. The van der Waals surface area contributed by atoms with E-state index in [4.69, 9.17) is 0 Å². The monoisotopic (exact) mass is 307 g/mol. The van der Waals surface area contributed by atoms with Crippen LogP contribution < -0.4 is 0 Å². The lowest BCUT2D eigenvalue weighted by molar-refractivity contribution is -0.140. The highest BCUT2D eigenvalue weighted by molar-refractivity contribution is 6.05. The molecule has 5 nitrogen and oxygen atoms in total. The van der Waals surface area contributed by atoms with E-state index in [1.165, 1.54) is 12.8 Å². The summed E-state index contributed by atoms with van der Waals surface area (Å²) < 4.78 is 0. The second-order valence-corrected chi connectivity index (χ2v) is 7.62. The Morgan fingerprint density at radius 3 is 2.09 bits per heavy atom. The summed E-state index contributed by atoms with van der Waals surface area (Å²) in [6, 6.07) is 0.624. The fraction of sp³-hybridized carbons (Fsp3) is 0.882. The van der Waals surface area contributed by atoms with Crippen LogP contribution in [-0.4, -0.2) is 72.3 Å². The Kier molecular flexibility index (Phi) is 4.55. The normalized spacial score (nSPS) is 31.5. The molecular formula is C17H29N3O2. The van der Waals surface area contributed by atoms with Crippen molar-refractivity contribution < 1.29 is 9.59 Å². The zero-order valence-corrected chi connectivity index (χ0v) is 14.1. The molecule has 0 unspecified atom stereocenters. The number of hydrogen-bond donors (Lipinski definition) is 0. The van der Waals surface area contributed by atoms with Crippen LogP contribution in [0.1, 0.15) is 33.1 Å². The van der Waals surface area contributed by atoms with Crippen LogP contribution in [0.2, 0.25) is 0 Å². The van der Waals surface area contributed by atoms with Gasteiger partial charge in [0, 0.05) is 25.7 Å². The maximum Gasteiger partial charge on any atom is 0.234 e. The van der Waals surface area contributed by atoms with Crippen LogP contribution in [-0.2, 0) is 9.59 Å². The molecule has 3 fully saturated rings. The predicted molar refractivity (Wildman–Crippen MR) is 85.2 cm³/mol. The summed E-state index contributed by atoms with van der Waals surface area (Å²) >= 11 is 0. The summed E-state index contributed by atoms with van der Waals surface area (Å²) in [4.78, 5) is 31.0. The van der Waals surface area contributed by atoms with Crippen molar-refractivity contribution in [3.8, 4) is 0 Å². The molecule has 0 saturated carbocycles. The van der Waals surface area contributed by atoms with Crippen molar-refractivity contribution in [3.05, 3.63) is 0 Å². The van der Waals surface area contributed by atoms with Gasteiger partial charge in [0.15, 0.2) is 0 Å². The minimum atomic E-state index is -0.0692. The van der Waals surface area contributed by atoms with Crippen LogP contribution in [0.3, 0.4) is 0 Å². The van der Waals surface area contributed by atoms with Crippen LogP contribution >= 0.6 is 0 Å². The minimum absolute atomic E-state index is 0.0692. The van der Waals surface area contributed by atoms with Crippen molar-refractivity contribution >= 4 is 11.8 Å². The number of likely N-dealkylation sites (tertiary alicyclic amines) is 3. The van der Waals surface area contributed by atoms with Crippen LogP contribution in [0.15, 0.2) is 0 Å². The van der Waals surface area contributed by atoms with E-state index < -0.39 is 0 Å². The molecule has 0 aromatic carbocycles. The Hall–Kier alpha value is -0.940. The fourth-order valence-corrected chi connectivity index (χ4v) is 4.30. The quantitative estimate of drug-likeness (QED) is 0.728. The predicted octanol–water partition coefficient (Wildman–Crippen LogP) is 1.04. The fourth-order valence-electron chi connectivity index (χ4n) is 4.30. The average Bonchev–Trinajstić information content (AvgIpc) is 2.97. The molecule has 0 spiro atoms. The lowest BCUT2D eigenvalue weighted by atomic mass is 9.92. The lowest BCUT2D eigenvalue weighted by Gasteiger charge is -2.35. The molecule has 3 heterocycles. The van der Waals surface area contributed by atoms with E-state index in [-0.39, 0.29) is 23.7 Å². The molecule has 124 valence electrons. The SMILES string of the molecule is CC(C)N1CCC(CCN2C(=O)[C@H]3CN(C)C[C@H]3C2=O)CC1. The second kappa shape index (κ2) is 6.28. The first-order chi connectivity index (χ1) is 10.5. The van der Waals surface area contributed by atoms with Crippen molar-refractivity contribution in [3.63, 3.8) is 0 Å².